The van der Waals surface area contributed by atoms with Crippen LogP contribution in [0, 0.1) is 5.92 Å². The van der Waals surface area contributed by atoms with Gasteiger partial charge in [0.1, 0.15) is 22.9 Å². The number of hydrogen-bond donors (Lipinski definition) is 0. The Morgan fingerprint density at radius 3 is 2.19 bits per heavy atom. The molecule has 2 fully saturated rings. The van der Waals surface area contributed by atoms with Crippen molar-refractivity contribution in [3.8, 4) is 0 Å². The summed E-state index contributed by atoms with van der Waals surface area (Å²) in [6, 6.07) is -0.705. The van der Waals surface area contributed by atoms with Crippen molar-refractivity contribution in [2.24, 2.45) is 5.92 Å². The Morgan fingerprint density at radius 2 is 1.67 bits per heavy atom. The Balaban J connectivity index is 1.86. The van der Waals surface area contributed by atoms with Crippen LogP contribution in [0.25, 0.3) is 0 Å². The maximum atomic E-state index is 12.9. The van der Waals surface area contributed by atoms with E-state index in [1.807, 2.05) is 27.7 Å². The summed E-state index contributed by atoms with van der Waals surface area (Å²) in [7, 11) is 0. The Bertz CT molecular complexity index is 713. The number of allylic oxidation sites excluding steroid dienone is 1. The molecular formula is C20H30N2O5. The molecule has 7 heteroatoms. The molecule has 0 bridgehead atoms. The van der Waals surface area contributed by atoms with Crippen LogP contribution in [0.1, 0.15) is 61.3 Å². The summed E-state index contributed by atoms with van der Waals surface area (Å²) >= 11 is 0. The quantitative estimate of drug-likeness (QED) is 0.545. The lowest BCUT2D eigenvalue weighted by atomic mass is 9.78. The van der Waals surface area contributed by atoms with E-state index < -0.39 is 29.3 Å². The van der Waals surface area contributed by atoms with Crippen LogP contribution in [-0.2, 0) is 19.1 Å². The van der Waals surface area contributed by atoms with Crippen molar-refractivity contribution >= 4 is 18.0 Å². The largest absolute Gasteiger partial charge is 0.455 e. The van der Waals surface area contributed by atoms with Crippen LogP contribution in [0.2, 0.25) is 0 Å². The van der Waals surface area contributed by atoms with Gasteiger partial charge in [-0.15, -0.1) is 0 Å². The summed E-state index contributed by atoms with van der Waals surface area (Å²) < 4.78 is 11.0. The van der Waals surface area contributed by atoms with E-state index >= 15 is 0 Å². The van der Waals surface area contributed by atoms with Crippen molar-refractivity contribution in [2.45, 2.75) is 84.6 Å². The molecule has 0 saturated carbocycles. The molecule has 0 aromatic heterocycles. The number of rotatable bonds is 2. The fourth-order valence-electron chi connectivity index (χ4n) is 4.17. The molecule has 0 aromatic rings. The third kappa shape index (κ3) is 3.44. The first-order chi connectivity index (χ1) is 12.3. The van der Waals surface area contributed by atoms with Crippen LogP contribution in [0.5, 0.6) is 0 Å². The first-order valence-corrected chi connectivity index (χ1v) is 9.62. The maximum Gasteiger partial charge on any atom is 0.411 e. The number of esters is 1. The van der Waals surface area contributed by atoms with Crippen molar-refractivity contribution in [1.29, 1.82) is 0 Å². The second-order valence-corrected chi connectivity index (χ2v) is 9.55. The molecule has 150 valence electrons. The van der Waals surface area contributed by atoms with Gasteiger partial charge in [-0.05, 0) is 60.0 Å². The molecule has 3 atom stereocenters. The fraction of sp³-hybridized carbons (Fsp3) is 0.750. The van der Waals surface area contributed by atoms with Crippen LogP contribution in [0.15, 0.2) is 11.3 Å². The molecule has 2 unspecified atom stereocenters. The smallest absolute Gasteiger partial charge is 0.411 e. The van der Waals surface area contributed by atoms with E-state index in [1.165, 1.54) is 4.90 Å². The van der Waals surface area contributed by atoms with E-state index in [4.69, 9.17) is 9.47 Å². The maximum absolute atomic E-state index is 12.9. The molecule has 2 saturated heterocycles. The molecule has 3 aliphatic rings. The zero-order valence-corrected chi connectivity index (χ0v) is 17.3. The topological polar surface area (TPSA) is 76.2 Å². The summed E-state index contributed by atoms with van der Waals surface area (Å²) in [4.78, 5) is 41.4. The molecule has 3 heterocycles. The highest BCUT2D eigenvalue weighted by atomic mass is 16.6. The summed E-state index contributed by atoms with van der Waals surface area (Å²) in [6.45, 7) is 13.3. The molecule has 0 aromatic carbocycles. The molecule has 0 spiro atoms. The molecule has 3 aliphatic heterocycles. The predicted octanol–water partition coefficient (Wildman–Crippen LogP) is 2.84. The molecular weight excluding hydrogens is 348 g/mol. The number of hydrogen-bond acceptors (Lipinski definition) is 5. The molecule has 27 heavy (non-hydrogen) atoms. The van der Waals surface area contributed by atoms with Crippen molar-refractivity contribution in [3.63, 3.8) is 0 Å². The van der Waals surface area contributed by atoms with Crippen LogP contribution in [0.4, 0.5) is 4.79 Å². The number of carbonyl (C=O) groups is 3. The van der Waals surface area contributed by atoms with E-state index in [0.717, 1.165) is 5.57 Å². The molecule has 3 rings (SSSR count). The Kier molecular flexibility index (Phi) is 4.56. The van der Waals surface area contributed by atoms with E-state index in [2.05, 4.69) is 0 Å². The third-order valence-corrected chi connectivity index (χ3v) is 5.09. The lowest BCUT2D eigenvalue weighted by Crippen LogP contribution is -2.69. The summed E-state index contributed by atoms with van der Waals surface area (Å²) in [6.07, 6.45) is 0.889. The van der Waals surface area contributed by atoms with Gasteiger partial charge in [-0.3, -0.25) is 14.6 Å². The lowest BCUT2D eigenvalue weighted by molar-refractivity contribution is -0.163. The van der Waals surface area contributed by atoms with Gasteiger partial charge in [-0.1, -0.05) is 6.92 Å². The molecule has 7 nitrogen and oxygen atoms in total. The van der Waals surface area contributed by atoms with Gasteiger partial charge in [0.15, 0.2) is 0 Å². The molecule has 0 radical (unpaired) electrons. The minimum atomic E-state index is -0.634. The highest BCUT2D eigenvalue weighted by Gasteiger charge is 2.64. The SMILES string of the molecule is CCC1=C(C(=O)OC(C)(C)C)N2C(=O)C3[C@H]2C(C1)CN3C(=O)OC(C)(C)C. The molecule has 0 aliphatic carbocycles. The second kappa shape index (κ2) is 6.24. The highest BCUT2D eigenvalue weighted by Crippen LogP contribution is 2.48. The standard InChI is InChI=1S/C20H30N2O5/c1-8-11-9-12-10-21(18(25)27-20(5,6)7)15-13(12)22(16(15)23)14(11)17(24)26-19(2,3)4/h12-13,15H,8-10H2,1-7H3/t12?,13-,15?/m1/s1. The van der Waals surface area contributed by atoms with Gasteiger partial charge in [0.05, 0.1) is 6.04 Å². The first kappa shape index (κ1) is 19.7. The monoisotopic (exact) mass is 378 g/mol. The zero-order chi connectivity index (χ0) is 20.3. The normalized spacial score (nSPS) is 27.4. The Hall–Kier alpha value is -2.05. The van der Waals surface area contributed by atoms with Gasteiger partial charge in [0.2, 0.25) is 0 Å². The van der Waals surface area contributed by atoms with Crippen LogP contribution >= 0.6 is 0 Å². The summed E-state index contributed by atoms with van der Waals surface area (Å²) in [5, 5.41) is 0. The van der Waals surface area contributed by atoms with Gasteiger partial charge in [-0.25, -0.2) is 9.59 Å². The van der Waals surface area contributed by atoms with E-state index in [-0.39, 0.29) is 17.9 Å². The lowest BCUT2D eigenvalue weighted by Gasteiger charge is -2.50. The number of amides is 2. The molecule has 2 amide bonds. The second-order valence-electron chi connectivity index (χ2n) is 9.55. The highest BCUT2D eigenvalue weighted by molar-refractivity contribution is 6.02. The number of nitrogens with zero attached hydrogens (tertiary/aromatic N) is 2. The molecule has 0 N–H and O–H groups in total. The number of ether oxygens (including phenoxy) is 2. The van der Waals surface area contributed by atoms with Gasteiger partial charge < -0.3 is 9.47 Å². The predicted molar refractivity (Wildman–Crippen MR) is 98.6 cm³/mol. The summed E-state index contributed by atoms with van der Waals surface area (Å²) in [5.74, 6) is -0.554. The Morgan fingerprint density at radius 1 is 1.07 bits per heavy atom. The number of carbonyl (C=O) groups excluding carboxylic acids is 3. The van der Waals surface area contributed by atoms with Gasteiger partial charge >= 0.3 is 12.1 Å². The van der Waals surface area contributed by atoms with E-state index in [0.29, 0.717) is 25.1 Å². The number of likely N-dealkylation sites (tertiary alicyclic amines) is 1. The minimum Gasteiger partial charge on any atom is -0.455 e. The van der Waals surface area contributed by atoms with Gasteiger partial charge in [-0.2, -0.15) is 0 Å². The van der Waals surface area contributed by atoms with Crippen LogP contribution in [0.3, 0.4) is 0 Å². The van der Waals surface area contributed by atoms with Crippen molar-refractivity contribution in [3.05, 3.63) is 11.3 Å². The van der Waals surface area contributed by atoms with Crippen molar-refractivity contribution in [1.82, 2.24) is 9.80 Å². The fourth-order valence-corrected chi connectivity index (χ4v) is 4.17. The van der Waals surface area contributed by atoms with Crippen molar-refractivity contribution < 1.29 is 23.9 Å². The van der Waals surface area contributed by atoms with Crippen LogP contribution < -0.4 is 0 Å². The van der Waals surface area contributed by atoms with Crippen molar-refractivity contribution in [2.75, 3.05) is 6.54 Å². The average molecular weight is 378 g/mol. The summed E-state index contributed by atoms with van der Waals surface area (Å²) in [5.41, 5.74) is 0.0428. The third-order valence-electron chi connectivity index (χ3n) is 5.09. The average Bonchev–Trinajstić information content (AvgIpc) is 2.86. The van der Waals surface area contributed by atoms with Crippen LogP contribution in [-0.4, -0.2) is 57.6 Å². The zero-order valence-electron chi connectivity index (χ0n) is 17.3. The van der Waals surface area contributed by atoms with E-state index in [9.17, 15) is 14.4 Å². The number of β-lactam (4-membered cyclic amide) rings is 1. The van der Waals surface area contributed by atoms with E-state index in [1.54, 1.807) is 25.7 Å². The Labute approximate surface area is 160 Å². The minimum absolute atomic E-state index is 0.126. The van der Waals surface area contributed by atoms with Gasteiger partial charge in [0.25, 0.3) is 5.91 Å². The first-order valence-electron chi connectivity index (χ1n) is 9.62. The van der Waals surface area contributed by atoms with Gasteiger partial charge in [0, 0.05) is 12.5 Å².